The van der Waals surface area contributed by atoms with Crippen LogP contribution >= 0.6 is 0 Å². The first-order valence-corrected chi connectivity index (χ1v) is 11.8. The van der Waals surface area contributed by atoms with Crippen LogP contribution in [0.5, 0.6) is 0 Å². The van der Waals surface area contributed by atoms with Crippen LogP contribution < -0.4 is 5.56 Å². The number of pyridine rings is 1. The second kappa shape index (κ2) is 9.11. The zero-order valence-electron chi connectivity index (χ0n) is 17.9. The van der Waals surface area contributed by atoms with Gasteiger partial charge in [-0.1, -0.05) is 18.2 Å². The largest absolute Gasteiger partial charge is 0.376 e. The van der Waals surface area contributed by atoms with E-state index in [1.807, 2.05) is 26.0 Å². The minimum absolute atomic E-state index is 0.0684. The summed E-state index contributed by atoms with van der Waals surface area (Å²) in [5.41, 5.74) is 2.53. The first kappa shape index (κ1) is 22.6. The number of fused-ring (bicyclic) bond motifs is 1. The molecule has 2 heterocycles. The smallest absolute Gasteiger partial charge is 0.252 e. The highest BCUT2D eigenvalue weighted by Gasteiger charge is 2.31. The third-order valence-corrected chi connectivity index (χ3v) is 7.33. The Balaban J connectivity index is 1.76. The second-order valence-electron chi connectivity index (χ2n) is 7.96. The molecule has 0 saturated carbocycles. The van der Waals surface area contributed by atoms with E-state index in [1.54, 1.807) is 6.07 Å². The second-order valence-corrected chi connectivity index (χ2v) is 9.87. The summed E-state index contributed by atoms with van der Waals surface area (Å²) < 4.78 is 53.3. The molecular formula is C23H25FN2O5S. The number of ether oxygens (including phenoxy) is 2. The molecular weight excluding hydrogens is 435 g/mol. The molecule has 0 aliphatic carbocycles. The number of nitrogens with one attached hydrogen (secondary N) is 1. The maximum absolute atomic E-state index is 14.4. The number of aromatic amines is 1. The average molecular weight is 461 g/mol. The number of sulfonamides is 1. The van der Waals surface area contributed by atoms with Crippen LogP contribution in [0.2, 0.25) is 0 Å². The Bertz CT molecular complexity index is 1300. The third-order valence-electron chi connectivity index (χ3n) is 5.48. The Morgan fingerprint density at radius 1 is 1.16 bits per heavy atom. The lowest BCUT2D eigenvalue weighted by Crippen LogP contribution is -2.43. The summed E-state index contributed by atoms with van der Waals surface area (Å²) in [6.07, 6.45) is -0.519. The standard InChI is InChI=1S/C23H25FN2O5S/c1-15-9-16(2)19-11-17(23(27)25-21(19)10-15)12-26(13-18-14-30-7-8-31-18)32(28,29)22-6-4-3-5-20(22)24/h3-6,9-11,18H,7-8,12-14H2,1-2H3,(H,25,27). The molecule has 7 nitrogen and oxygen atoms in total. The van der Waals surface area contributed by atoms with Crippen molar-refractivity contribution in [2.24, 2.45) is 0 Å². The molecule has 3 aromatic rings. The fourth-order valence-corrected chi connectivity index (χ4v) is 5.45. The van der Waals surface area contributed by atoms with Gasteiger partial charge in [-0.2, -0.15) is 4.31 Å². The van der Waals surface area contributed by atoms with Gasteiger partial charge >= 0.3 is 0 Å². The average Bonchev–Trinajstić information content (AvgIpc) is 2.75. The SMILES string of the molecule is Cc1cc(C)c2cc(CN(CC3COCCO3)S(=O)(=O)c3ccccc3F)c(=O)[nH]c2c1. The van der Waals surface area contributed by atoms with Crippen LogP contribution in [0.15, 0.2) is 52.2 Å². The molecule has 1 aromatic heterocycles. The molecule has 1 fully saturated rings. The number of aromatic nitrogens is 1. The van der Waals surface area contributed by atoms with Gasteiger partial charge in [0.25, 0.3) is 5.56 Å². The molecule has 0 radical (unpaired) electrons. The van der Waals surface area contributed by atoms with E-state index in [0.717, 1.165) is 26.9 Å². The van der Waals surface area contributed by atoms with E-state index in [0.29, 0.717) is 18.7 Å². The summed E-state index contributed by atoms with van der Waals surface area (Å²) in [7, 11) is -4.25. The van der Waals surface area contributed by atoms with Crippen molar-refractivity contribution in [1.29, 1.82) is 0 Å². The molecule has 0 amide bonds. The van der Waals surface area contributed by atoms with Gasteiger partial charge in [-0.05, 0) is 49.2 Å². The fraction of sp³-hybridized carbons (Fsp3) is 0.348. The number of nitrogens with zero attached hydrogens (tertiary/aromatic N) is 1. The van der Waals surface area contributed by atoms with E-state index in [2.05, 4.69) is 4.98 Å². The maximum Gasteiger partial charge on any atom is 0.252 e. The lowest BCUT2D eigenvalue weighted by Gasteiger charge is -2.29. The van der Waals surface area contributed by atoms with Crippen molar-refractivity contribution < 1.29 is 22.3 Å². The molecule has 32 heavy (non-hydrogen) atoms. The number of benzene rings is 2. The van der Waals surface area contributed by atoms with Crippen molar-refractivity contribution in [2.45, 2.75) is 31.4 Å². The van der Waals surface area contributed by atoms with Gasteiger partial charge in [-0.3, -0.25) is 4.79 Å². The van der Waals surface area contributed by atoms with Crippen LogP contribution in [-0.2, 0) is 26.0 Å². The zero-order chi connectivity index (χ0) is 22.9. The summed E-state index contributed by atoms with van der Waals surface area (Å²) in [6.45, 7) is 4.56. The Kier molecular flexibility index (Phi) is 6.43. The monoisotopic (exact) mass is 460 g/mol. The minimum atomic E-state index is -4.25. The van der Waals surface area contributed by atoms with E-state index >= 15 is 0 Å². The van der Waals surface area contributed by atoms with E-state index in [9.17, 15) is 17.6 Å². The van der Waals surface area contributed by atoms with Gasteiger partial charge in [0.2, 0.25) is 10.0 Å². The Morgan fingerprint density at radius 3 is 2.66 bits per heavy atom. The molecule has 1 unspecified atom stereocenters. The molecule has 1 atom stereocenters. The molecule has 0 bridgehead atoms. The van der Waals surface area contributed by atoms with Crippen LogP contribution in [0.25, 0.3) is 10.9 Å². The van der Waals surface area contributed by atoms with E-state index in [-0.39, 0.29) is 25.3 Å². The highest BCUT2D eigenvalue weighted by molar-refractivity contribution is 7.89. The van der Waals surface area contributed by atoms with Gasteiger partial charge in [0.05, 0.1) is 25.9 Å². The molecule has 4 rings (SSSR count). The number of rotatable bonds is 6. The van der Waals surface area contributed by atoms with Gasteiger partial charge < -0.3 is 14.5 Å². The quantitative estimate of drug-likeness (QED) is 0.611. The number of H-pyrrole nitrogens is 1. The van der Waals surface area contributed by atoms with Gasteiger partial charge in [-0.25, -0.2) is 12.8 Å². The molecule has 170 valence electrons. The van der Waals surface area contributed by atoms with Gasteiger partial charge in [0.1, 0.15) is 10.7 Å². The summed E-state index contributed by atoms with van der Waals surface area (Å²) >= 11 is 0. The Labute approximate surface area is 185 Å². The van der Waals surface area contributed by atoms with Crippen LogP contribution in [0.4, 0.5) is 4.39 Å². The predicted molar refractivity (Wildman–Crippen MR) is 119 cm³/mol. The van der Waals surface area contributed by atoms with Gasteiger partial charge in [0, 0.05) is 29.6 Å². The fourth-order valence-electron chi connectivity index (χ4n) is 3.93. The van der Waals surface area contributed by atoms with Crippen molar-refractivity contribution in [1.82, 2.24) is 9.29 Å². The Morgan fingerprint density at radius 2 is 1.94 bits per heavy atom. The van der Waals surface area contributed by atoms with Crippen molar-refractivity contribution in [3.63, 3.8) is 0 Å². The number of aryl methyl sites for hydroxylation is 2. The third kappa shape index (κ3) is 4.61. The van der Waals surface area contributed by atoms with E-state index < -0.39 is 32.4 Å². The summed E-state index contributed by atoms with van der Waals surface area (Å²) in [5.74, 6) is -0.850. The maximum atomic E-state index is 14.4. The van der Waals surface area contributed by atoms with Crippen molar-refractivity contribution in [3.8, 4) is 0 Å². The number of hydrogen-bond acceptors (Lipinski definition) is 5. The molecule has 9 heteroatoms. The number of halogens is 1. The van der Waals surface area contributed by atoms with Crippen molar-refractivity contribution in [2.75, 3.05) is 26.4 Å². The van der Waals surface area contributed by atoms with Crippen LogP contribution in [0, 0.1) is 19.7 Å². The molecule has 1 saturated heterocycles. The van der Waals surface area contributed by atoms with Crippen LogP contribution in [0.1, 0.15) is 16.7 Å². The van der Waals surface area contributed by atoms with Crippen LogP contribution in [0.3, 0.4) is 0 Å². The predicted octanol–water partition coefficient (Wildman–Crippen LogP) is 2.89. The highest BCUT2D eigenvalue weighted by atomic mass is 32.2. The lowest BCUT2D eigenvalue weighted by atomic mass is 10.0. The lowest BCUT2D eigenvalue weighted by molar-refractivity contribution is -0.0923. The zero-order valence-corrected chi connectivity index (χ0v) is 18.7. The summed E-state index contributed by atoms with van der Waals surface area (Å²) in [4.78, 5) is 15.2. The molecule has 1 aliphatic rings. The summed E-state index contributed by atoms with van der Waals surface area (Å²) in [6, 6.07) is 10.8. The van der Waals surface area contributed by atoms with Crippen molar-refractivity contribution in [3.05, 3.63) is 75.3 Å². The normalized spacial score (nSPS) is 17.2. The molecule has 1 N–H and O–H groups in total. The first-order chi connectivity index (χ1) is 15.3. The van der Waals surface area contributed by atoms with Gasteiger partial charge in [-0.15, -0.1) is 0 Å². The highest BCUT2D eigenvalue weighted by Crippen LogP contribution is 2.24. The molecule has 2 aromatic carbocycles. The van der Waals surface area contributed by atoms with Gasteiger partial charge in [0.15, 0.2) is 0 Å². The first-order valence-electron chi connectivity index (χ1n) is 10.3. The minimum Gasteiger partial charge on any atom is -0.376 e. The molecule has 1 aliphatic heterocycles. The van der Waals surface area contributed by atoms with Crippen LogP contribution in [-0.4, -0.2) is 50.2 Å². The van der Waals surface area contributed by atoms with E-state index in [4.69, 9.17) is 9.47 Å². The van der Waals surface area contributed by atoms with Crippen molar-refractivity contribution >= 4 is 20.9 Å². The molecule has 0 spiro atoms. The summed E-state index contributed by atoms with van der Waals surface area (Å²) in [5, 5.41) is 0.825. The van der Waals surface area contributed by atoms with E-state index in [1.165, 1.54) is 18.2 Å². The topological polar surface area (TPSA) is 88.7 Å². The number of hydrogen-bond donors (Lipinski definition) is 1. The Hall–Kier alpha value is -2.59.